The Balaban J connectivity index is 2.13. The van der Waals surface area contributed by atoms with Crippen LogP contribution in [-0.4, -0.2) is 30.4 Å². The van der Waals surface area contributed by atoms with Gasteiger partial charge >= 0.3 is 0 Å². The molecule has 0 saturated carbocycles. The molecule has 1 amide bonds. The third kappa shape index (κ3) is 5.22. The van der Waals surface area contributed by atoms with Crippen LogP contribution in [0.25, 0.3) is 0 Å². The molecule has 0 radical (unpaired) electrons. The van der Waals surface area contributed by atoms with Crippen molar-refractivity contribution in [1.29, 1.82) is 0 Å². The maximum Gasteiger partial charge on any atom is 0.223 e. The minimum absolute atomic E-state index is 0.112. The predicted molar refractivity (Wildman–Crippen MR) is 101 cm³/mol. The zero-order chi connectivity index (χ0) is 17.4. The normalized spacial score (nSPS) is 17.5. The number of carbonyl (C=O) groups is 1. The van der Waals surface area contributed by atoms with Crippen LogP contribution >= 0.6 is 11.6 Å². The molecule has 0 aromatic heterocycles. The van der Waals surface area contributed by atoms with Gasteiger partial charge < -0.3 is 5.32 Å². The van der Waals surface area contributed by atoms with E-state index in [2.05, 4.69) is 30.1 Å². The van der Waals surface area contributed by atoms with Gasteiger partial charge in [0, 0.05) is 17.5 Å². The van der Waals surface area contributed by atoms with Crippen molar-refractivity contribution in [2.75, 3.05) is 19.6 Å². The summed E-state index contributed by atoms with van der Waals surface area (Å²) in [5.41, 5.74) is 1.13. The van der Waals surface area contributed by atoms with Gasteiger partial charge in [0.25, 0.3) is 0 Å². The van der Waals surface area contributed by atoms with Crippen LogP contribution in [0, 0.1) is 5.92 Å². The summed E-state index contributed by atoms with van der Waals surface area (Å²) in [7, 11) is 0. The standard InChI is InChI=1S/C20H31ClN2O/c1-3-16(4-2)20(24)22-15-19(17-11-7-8-12-18(17)21)23-13-9-5-6-10-14-23/h7-8,11-12,16,19H,3-6,9-10,13-15H2,1-2H3,(H,22,24)/t19-/m1/s1. The first-order valence-electron chi connectivity index (χ1n) is 9.43. The molecular weight excluding hydrogens is 320 g/mol. The van der Waals surface area contributed by atoms with Crippen molar-refractivity contribution in [3.05, 3.63) is 34.9 Å². The highest BCUT2D eigenvalue weighted by Gasteiger charge is 2.24. The number of nitrogens with one attached hydrogen (secondary N) is 1. The summed E-state index contributed by atoms with van der Waals surface area (Å²) in [4.78, 5) is 14.9. The van der Waals surface area contributed by atoms with Gasteiger partial charge in [-0.05, 0) is 50.4 Å². The molecule has 1 atom stereocenters. The van der Waals surface area contributed by atoms with E-state index in [4.69, 9.17) is 11.6 Å². The van der Waals surface area contributed by atoms with Gasteiger partial charge in [0.2, 0.25) is 5.91 Å². The van der Waals surface area contributed by atoms with Crippen molar-refractivity contribution in [3.63, 3.8) is 0 Å². The van der Waals surface area contributed by atoms with Gasteiger partial charge in [0.05, 0.1) is 6.04 Å². The zero-order valence-corrected chi connectivity index (χ0v) is 15.8. The highest BCUT2D eigenvalue weighted by molar-refractivity contribution is 6.31. The molecule has 0 spiro atoms. The lowest BCUT2D eigenvalue weighted by Crippen LogP contribution is -2.40. The molecule has 1 fully saturated rings. The summed E-state index contributed by atoms with van der Waals surface area (Å²) >= 11 is 6.47. The Morgan fingerprint density at radius 3 is 2.33 bits per heavy atom. The smallest absolute Gasteiger partial charge is 0.223 e. The maximum absolute atomic E-state index is 12.4. The fourth-order valence-electron chi connectivity index (χ4n) is 3.59. The minimum atomic E-state index is 0.112. The molecule has 4 heteroatoms. The first-order valence-corrected chi connectivity index (χ1v) is 9.81. The number of amides is 1. The Labute approximate surface area is 151 Å². The van der Waals surface area contributed by atoms with Crippen molar-refractivity contribution < 1.29 is 4.79 Å². The van der Waals surface area contributed by atoms with Crippen LogP contribution in [0.4, 0.5) is 0 Å². The van der Waals surface area contributed by atoms with Gasteiger partial charge in [0.1, 0.15) is 0 Å². The summed E-state index contributed by atoms with van der Waals surface area (Å²) in [6.07, 6.45) is 6.83. The molecule has 3 nitrogen and oxygen atoms in total. The van der Waals surface area contributed by atoms with E-state index in [1.807, 2.05) is 18.2 Å². The SMILES string of the molecule is CCC(CC)C(=O)NC[C@H](c1ccccc1Cl)N1CCCCCC1. The highest BCUT2D eigenvalue weighted by atomic mass is 35.5. The molecule has 0 aliphatic carbocycles. The van der Waals surface area contributed by atoms with Gasteiger partial charge in [-0.1, -0.05) is 56.5 Å². The summed E-state index contributed by atoms with van der Waals surface area (Å²) in [5.74, 6) is 0.285. The summed E-state index contributed by atoms with van der Waals surface area (Å²) in [6.45, 7) is 6.95. The third-order valence-corrected chi connectivity index (χ3v) is 5.52. The Bertz CT molecular complexity index is 508. The molecular formula is C20H31ClN2O. The van der Waals surface area contributed by atoms with Gasteiger partial charge in [0.15, 0.2) is 0 Å². The van der Waals surface area contributed by atoms with Gasteiger partial charge in [-0.25, -0.2) is 0 Å². The molecule has 1 saturated heterocycles. The second-order valence-electron chi connectivity index (χ2n) is 6.75. The van der Waals surface area contributed by atoms with E-state index in [9.17, 15) is 4.79 Å². The first-order chi connectivity index (χ1) is 11.7. The van der Waals surface area contributed by atoms with E-state index in [1.165, 1.54) is 25.7 Å². The van der Waals surface area contributed by atoms with Crippen molar-refractivity contribution in [1.82, 2.24) is 10.2 Å². The Kier molecular flexibility index (Phi) is 8.07. The van der Waals surface area contributed by atoms with E-state index in [1.54, 1.807) is 0 Å². The molecule has 0 bridgehead atoms. The fraction of sp³-hybridized carbons (Fsp3) is 0.650. The number of hydrogen-bond donors (Lipinski definition) is 1. The fourth-order valence-corrected chi connectivity index (χ4v) is 3.85. The van der Waals surface area contributed by atoms with Crippen LogP contribution in [0.2, 0.25) is 5.02 Å². The second-order valence-corrected chi connectivity index (χ2v) is 7.15. The topological polar surface area (TPSA) is 32.3 Å². The van der Waals surface area contributed by atoms with Crippen molar-refractivity contribution in [2.45, 2.75) is 58.4 Å². The number of carbonyl (C=O) groups excluding carboxylic acids is 1. The third-order valence-electron chi connectivity index (χ3n) is 5.17. The van der Waals surface area contributed by atoms with Crippen LogP contribution in [0.1, 0.15) is 64.0 Å². The largest absolute Gasteiger partial charge is 0.354 e. The van der Waals surface area contributed by atoms with Gasteiger partial charge in [-0.2, -0.15) is 0 Å². The first kappa shape index (κ1) is 19.3. The van der Waals surface area contributed by atoms with E-state index in [0.717, 1.165) is 36.5 Å². The number of halogens is 1. The zero-order valence-electron chi connectivity index (χ0n) is 15.1. The molecule has 24 heavy (non-hydrogen) atoms. The van der Waals surface area contributed by atoms with Crippen molar-refractivity contribution in [3.8, 4) is 0 Å². The maximum atomic E-state index is 12.4. The quantitative estimate of drug-likeness (QED) is 0.765. The lowest BCUT2D eigenvalue weighted by molar-refractivity contribution is -0.125. The molecule has 1 heterocycles. The molecule has 1 aliphatic rings. The lowest BCUT2D eigenvalue weighted by atomic mass is 10.0. The summed E-state index contributed by atoms with van der Waals surface area (Å²) < 4.78 is 0. The van der Waals surface area contributed by atoms with Crippen LogP contribution < -0.4 is 5.32 Å². The molecule has 1 aliphatic heterocycles. The average molecular weight is 351 g/mol. The number of benzene rings is 1. The van der Waals surface area contributed by atoms with Crippen molar-refractivity contribution >= 4 is 17.5 Å². The second kappa shape index (κ2) is 10.0. The van der Waals surface area contributed by atoms with Gasteiger partial charge in [-0.3, -0.25) is 9.69 Å². The number of rotatable bonds is 7. The molecule has 2 rings (SSSR count). The molecule has 1 aromatic rings. The summed E-state index contributed by atoms with van der Waals surface area (Å²) in [5, 5.41) is 3.98. The molecule has 1 N–H and O–H groups in total. The van der Waals surface area contributed by atoms with E-state index >= 15 is 0 Å². The van der Waals surface area contributed by atoms with E-state index in [0.29, 0.717) is 6.54 Å². The Morgan fingerprint density at radius 1 is 1.12 bits per heavy atom. The lowest BCUT2D eigenvalue weighted by Gasteiger charge is -2.32. The number of hydrogen-bond acceptors (Lipinski definition) is 2. The van der Waals surface area contributed by atoms with Crippen LogP contribution in [-0.2, 0) is 4.79 Å². The van der Waals surface area contributed by atoms with E-state index < -0.39 is 0 Å². The molecule has 134 valence electrons. The summed E-state index contributed by atoms with van der Waals surface area (Å²) in [6, 6.07) is 8.21. The predicted octanol–water partition coefficient (Wildman–Crippen LogP) is 4.81. The number of nitrogens with zero attached hydrogens (tertiary/aromatic N) is 1. The molecule has 1 aromatic carbocycles. The number of likely N-dealkylation sites (tertiary alicyclic amines) is 1. The Hall–Kier alpha value is -1.06. The van der Waals surface area contributed by atoms with Crippen LogP contribution in [0.15, 0.2) is 24.3 Å². The molecule has 0 unspecified atom stereocenters. The minimum Gasteiger partial charge on any atom is -0.354 e. The van der Waals surface area contributed by atoms with Crippen LogP contribution in [0.3, 0.4) is 0 Å². The van der Waals surface area contributed by atoms with Gasteiger partial charge in [-0.15, -0.1) is 0 Å². The van der Waals surface area contributed by atoms with Crippen molar-refractivity contribution in [2.24, 2.45) is 5.92 Å². The van der Waals surface area contributed by atoms with E-state index in [-0.39, 0.29) is 17.9 Å². The van der Waals surface area contributed by atoms with Crippen LogP contribution in [0.5, 0.6) is 0 Å². The average Bonchev–Trinajstić information content (AvgIpc) is 2.87. The highest BCUT2D eigenvalue weighted by Crippen LogP contribution is 2.29. The monoisotopic (exact) mass is 350 g/mol. The Morgan fingerprint density at radius 2 is 1.75 bits per heavy atom.